The molecule has 0 fully saturated rings. The lowest BCUT2D eigenvalue weighted by atomic mass is 10.2. The van der Waals surface area contributed by atoms with Crippen molar-refractivity contribution in [2.75, 3.05) is 0 Å². The van der Waals surface area contributed by atoms with Crippen LogP contribution in [0.25, 0.3) is 0 Å². The molecule has 2 amide bonds. The van der Waals surface area contributed by atoms with Gasteiger partial charge < -0.3 is 15.4 Å². The number of halogens is 7. The van der Waals surface area contributed by atoms with Crippen LogP contribution in [-0.2, 0) is 32.4 Å². The van der Waals surface area contributed by atoms with Gasteiger partial charge in [0, 0.05) is 25.7 Å². The number of nitrogens with zero attached hydrogens (tertiary/aromatic N) is 7. The van der Waals surface area contributed by atoms with Crippen molar-refractivity contribution in [3.05, 3.63) is 83.2 Å². The van der Waals surface area contributed by atoms with E-state index < -0.39 is 41.8 Å². The van der Waals surface area contributed by atoms with E-state index in [9.17, 15) is 40.3 Å². The highest BCUT2D eigenvalue weighted by Gasteiger charge is 2.31. The first-order valence-corrected chi connectivity index (χ1v) is 12.6. The maximum absolute atomic E-state index is 14.6. The molecule has 0 bridgehead atoms. The fourth-order valence-electron chi connectivity index (χ4n) is 3.66. The third-order valence-electron chi connectivity index (χ3n) is 5.78. The van der Waals surface area contributed by atoms with Crippen molar-refractivity contribution in [3.63, 3.8) is 0 Å². The van der Waals surface area contributed by atoms with Crippen LogP contribution >= 0.6 is 0 Å². The van der Waals surface area contributed by atoms with E-state index >= 15 is 0 Å². The second-order valence-electron chi connectivity index (χ2n) is 9.17. The van der Waals surface area contributed by atoms with Crippen molar-refractivity contribution in [2.45, 2.75) is 51.3 Å². The van der Waals surface area contributed by atoms with Crippen molar-refractivity contribution in [1.29, 1.82) is 0 Å². The van der Waals surface area contributed by atoms with Crippen LogP contribution in [0.15, 0.2) is 55.0 Å². The molecule has 44 heavy (non-hydrogen) atoms. The van der Waals surface area contributed by atoms with E-state index in [1.54, 1.807) is 0 Å². The van der Waals surface area contributed by atoms with E-state index in [-0.39, 0.29) is 49.7 Å². The smallest absolute Gasteiger partial charge is 0.406 e. The standard InChI is InChI=1S/C25H22F7N9O3/c26-17(12-41-14-21(37-39-41)23(43)35-11-18-9-16(5-7-33-18)24(27,28)29)6-8-40-13-20(36-38-40)22(42)34-10-15-1-3-19(4-2-15)44-25(30,31)32/h1-5,7,9,13-14,17H,6,8,10-12H2,(H,34,42)(H,35,43). The summed E-state index contributed by atoms with van der Waals surface area (Å²) in [5.74, 6) is -1.76. The number of alkyl halides is 7. The van der Waals surface area contributed by atoms with Gasteiger partial charge in [-0.1, -0.05) is 22.6 Å². The number of rotatable bonds is 12. The Balaban J connectivity index is 1.19. The first kappa shape index (κ1) is 31.8. The van der Waals surface area contributed by atoms with Gasteiger partial charge in [-0.05, 0) is 29.8 Å². The van der Waals surface area contributed by atoms with Crippen LogP contribution in [0.1, 0.15) is 44.2 Å². The lowest BCUT2D eigenvalue weighted by Crippen LogP contribution is -2.24. The van der Waals surface area contributed by atoms with Gasteiger partial charge in [0.25, 0.3) is 11.8 Å². The van der Waals surface area contributed by atoms with Gasteiger partial charge >= 0.3 is 12.5 Å². The fraction of sp³-hybridized carbons (Fsp3) is 0.320. The minimum Gasteiger partial charge on any atom is -0.406 e. The number of aromatic nitrogens is 7. The Hall–Kier alpha value is -5.10. The molecule has 1 unspecified atom stereocenters. The van der Waals surface area contributed by atoms with E-state index in [1.807, 2.05) is 0 Å². The number of carbonyl (C=O) groups is 2. The topological polar surface area (TPSA) is 142 Å². The summed E-state index contributed by atoms with van der Waals surface area (Å²) in [4.78, 5) is 28.4. The number of aryl methyl sites for hydroxylation is 1. The molecule has 1 atom stereocenters. The second kappa shape index (κ2) is 13.5. The van der Waals surface area contributed by atoms with E-state index in [2.05, 4.69) is 41.0 Å². The largest absolute Gasteiger partial charge is 0.573 e. The van der Waals surface area contributed by atoms with Crippen LogP contribution in [0.2, 0.25) is 0 Å². The summed E-state index contributed by atoms with van der Waals surface area (Å²) in [5.41, 5.74) is -0.674. The quantitative estimate of drug-likeness (QED) is 0.227. The van der Waals surface area contributed by atoms with Crippen molar-refractivity contribution in [3.8, 4) is 5.75 Å². The van der Waals surface area contributed by atoms with E-state index in [0.717, 1.165) is 35.1 Å². The van der Waals surface area contributed by atoms with Crippen LogP contribution in [0, 0.1) is 0 Å². The van der Waals surface area contributed by atoms with Crippen LogP contribution in [-0.4, -0.2) is 59.3 Å². The Morgan fingerprint density at radius 3 is 2.11 bits per heavy atom. The summed E-state index contributed by atoms with van der Waals surface area (Å²) in [6.07, 6.45) is -7.47. The number of nitrogens with one attached hydrogen (secondary N) is 2. The highest BCUT2D eigenvalue weighted by atomic mass is 19.4. The molecular formula is C25H22F7N9O3. The first-order valence-electron chi connectivity index (χ1n) is 12.6. The lowest BCUT2D eigenvalue weighted by Gasteiger charge is -2.09. The molecule has 0 aliphatic rings. The monoisotopic (exact) mass is 629 g/mol. The van der Waals surface area contributed by atoms with E-state index in [1.165, 1.54) is 29.2 Å². The third-order valence-corrected chi connectivity index (χ3v) is 5.78. The number of ether oxygens (including phenoxy) is 1. The zero-order valence-electron chi connectivity index (χ0n) is 22.3. The number of pyridine rings is 1. The van der Waals surface area contributed by atoms with Crippen LogP contribution in [0.5, 0.6) is 5.75 Å². The normalized spacial score (nSPS) is 12.5. The predicted octanol–water partition coefficient (Wildman–Crippen LogP) is 3.47. The van der Waals surface area contributed by atoms with Crippen molar-refractivity contribution in [1.82, 2.24) is 45.6 Å². The van der Waals surface area contributed by atoms with E-state index in [4.69, 9.17) is 0 Å². The first-order chi connectivity index (χ1) is 20.7. The van der Waals surface area contributed by atoms with Crippen molar-refractivity contribution in [2.24, 2.45) is 0 Å². The van der Waals surface area contributed by atoms with Gasteiger partial charge in [0.05, 0.1) is 36.7 Å². The number of amides is 2. The van der Waals surface area contributed by atoms with Gasteiger partial charge in [0.2, 0.25) is 0 Å². The Bertz CT molecular complexity index is 1570. The molecule has 0 aliphatic heterocycles. The zero-order chi connectivity index (χ0) is 31.9. The summed E-state index contributed by atoms with van der Waals surface area (Å²) in [6, 6.07) is 6.52. The number of hydrogen-bond acceptors (Lipinski definition) is 8. The summed E-state index contributed by atoms with van der Waals surface area (Å²) < 4.78 is 95.9. The van der Waals surface area contributed by atoms with Crippen LogP contribution < -0.4 is 15.4 Å². The average molecular weight is 629 g/mol. The Morgan fingerprint density at radius 1 is 0.864 bits per heavy atom. The second-order valence-corrected chi connectivity index (χ2v) is 9.17. The number of hydrogen-bond donors (Lipinski definition) is 2. The molecule has 3 aromatic heterocycles. The molecular weight excluding hydrogens is 607 g/mol. The van der Waals surface area contributed by atoms with Gasteiger partial charge in [-0.15, -0.1) is 23.4 Å². The summed E-state index contributed by atoms with van der Waals surface area (Å²) >= 11 is 0. The Labute approximate surface area is 243 Å². The minimum absolute atomic E-state index is 0.00933. The molecule has 19 heteroatoms. The Morgan fingerprint density at radius 2 is 1.48 bits per heavy atom. The van der Waals surface area contributed by atoms with Crippen molar-refractivity contribution >= 4 is 11.8 Å². The highest BCUT2D eigenvalue weighted by molar-refractivity contribution is 5.92. The number of carbonyl (C=O) groups excluding carboxylic acids is 2. The lowest BCUT2D eigenvalue weighted by molar-refractivity contribution is -0.274. The minimum atomic E-state index is -4.82. The molecule has 0 saturated carbocycles. The Kier molecular flexibility index (Phi) is 9.74. The van der Waals surface area contributed by atoms with E-state index in [0.29, 0.717) is 5.56 Å². The maximum atomic E-state index is 14.6. The van der Waals surface area contributed by atoms with Crippen molar-refractivity contribution < 1.29 is 45.1 Å². The van der Waals surface area contributed by atoms with Gasteiger partial charge in [0.1, 0.15) is 11.9 Å². The molecule has 12 nitrogen and oxygen atoms in total. The van der Waals surface area contributed by atoms with Crippen LogP contribution in [0.3, 0.4) is 0 Å². The summed E-state index contributed by atoms with van der Waals surface area (Å²) in [7, 11) is 0. The highest BCUT2D eigenvalue weighted by Crippen LogP contribution is 2.29. The molecule has 0 aliphatic carbocycles. The molecule has 1 aromatic carbocycles. The molecule has 234 valence electrons. The SMILES string of the molecule is O=C(NCc1ccc(OC(F)(F)F)cc1)c1cn(CCC(F)Cn2cc(C(=O)NCc3cc(C(F)(F)F)ccn3)nn2)nn1. The predicted molar refractivity (Wildman–Crippen MR) is 134 cm³/mol. The summed E-state index contributed by atoms with van der Waals surface area (Å²) in [6.45, 7) is -0.545. The fourth-order valence-corrected chi connectivity index (χ4v) is 3.66. The molecule has 3 heterocycles. The molecule has 0 saturated heterocycles. The van der Waals surface area contributed by atoms with Gasteiger partial charge in [-0.25, -0.2) is 9.07 Å². The van der Waals surface area contributed by atoms with Gasteiger partial charge in [-0.3, -0.25) is 19.3 Å². The molecule has 0 spiro atoms. The maximum Gasteiger partial charge on any atom is 0.573 e. The molecule has 4 aromatic rings. The molecule has 4 rings (SSSR count). The summed E-state index contributed by atoms with van der Waals surface area (Å²) in [5, 5.41) is 19.7. The molecule has 0 radical (unpaired) electrons. The number of benzene rings is 1. The van der Waals surface area contributed by atoms with Gasteiger partial charge in [0.15, 0.2) is 11.4 Å². The molecule has 2 N–H and O–H groups in total. The average Bonchev–Trinajstić information content (AvgIpc) is 3.63. The van der Waals surface area contributed by atoms with Crippen LogP contribution in [0.4, 0.5) is 30.7 Å². The zero-order valence-corrected chi connectivity index (χ0v) is 22.3. The third kappa shape index (κ3) is 9.46. The van der Waals surface area contributed by atoms with Gasteiger partial charge in [-0.2, -0.15) is 13.2 Å².